The van der Waals surface area contributed by atoms with E-state index in [-0.39, 0.29) is 12.5 Å². The quantitative estimate of drug-likeness (QED) is 0.545. The van der Waals surface area contributed by atoms with E-state index in [4.69, 9.17) is 4.74 Å². The van der Waals surface area contributed by atoms with Gasteiger partial charge in [-0.2, -0.15) is 8.78 Å². The van der Waals surface area contributed by atoms with E-state index in [1.165, 1.54) is 6.26 Å². The van der Waals surface area contributed by atoms with Gasteiger partial charge in [-0.25, -0.2) is 4.79 Å². The van der Waals surface area contributed by atoms with Crippen molar-refractivity contribution in [2.45, 2.75) is 38.5 Å². The highest BCUT2D eigenvalue weighted by Gasteiger charge is 2.35. The zero-order chi connectivity index (χ0) is 13.6. The Morgan fingerprint density at radius 1 is 1.28 bits per heavy atom. The fourth-order valence-corrected chi connectivity index (χ4v) is 2.09. The van der Waals surface area contributed by atoms with Crippen LogP contribution in [0.1, 0.15) is 32.6 Å². The van der Waals surface area contributed by atoms with Gasteiger partial charge in [0.1, 0.15) is 0 Å². The van der Waals surface area contributed by atoms with Crippen molar-refractivity contribution in [1.29, 1.82) is 0 Å². The summed E-state index contributed by atoms with van der Waals surface area (Å²) in [6.07, 6.45) is 5.13. The molecule has 0 saturated heterocycles. The predicted molar refractivity (Wildman–Crippen MR) is 63.2 cm³/mol. The first-order chi connectivity index (χ1) is 8.43. The molecule has 5 heteroatoms. The first-order valence-corrected chi connectivity index (χ1v) is 6.21. The topological polar surface area (TPSA) is 35.5 Å². The van der Waals surface area contributed by atoms with Crippen LogP contribution in [0.15, 0.2) is 12.8 Å². The van der Waals surface area contributed by atoms with Gasteiger partial charge in [0.05, 0.1) is 19.5 Å². The number of alkyl halides is 2. The predicted octanol–water partition coefficient (Wildman–Crippen LogP) is 3.15. The molecule has 0 aliphatic heterocycles. The number of hydrogen-bond acceptors (Lipinski definition) is 3. The number of hydrogen-bond donors (Lipinski definition) is 0. The molecule has 18 heavy (non-hydrogen) atoms. The second-order valence-electron chi connectivity index (χ2n) is 4.87. The van der Waals surface area contributed by atoms with Gasteiger partial charge in [0.15, 0.2) is 0 Å². The van der Waals surface area contributed by atoms with Crippen molar-refractivity contribution in [1.82, 2.24) is 0 Å². The Labute approximate surface area is 106 Å². The molecule has 0 heterocycles. The third kappa shape index (κ3) is 5.02. The van der Waals surface area contributed by atoms with Crippen molar-refractivity contribution in [2.75, 3.05) is 13.2 Å². The van der Waals surface area contributed by atoms with Gasteiger partial charge in [-0.15, -0.1) is 0 Å². The van der Waals surface area contributed by atoms with Crippen LogP contribution in [0.4, 0.5) is 8.78 Å². The zero-order valence-corrected chi connectivity index (χ0v) is 10.7. The lowest BCUT2D eigenvalue weighted by molar-refractivity contribution is -0.171. The van der Waals surface area contributed by atoms with Crippen LogP contribution in [-0.2, 0) is 14.3 Å². The highest BCUT2D eigenvalue weighted by molar-refractivity contribution is 5.76. The van der Waals surface area contributed by atoms with E-state index in [1.807, 2.05) is 0 Å². The van der Waals surface area contributed by atoms with Crippen molar-refractivity contribution in [3.8, 4) is 0 Å². The number of esters is 1. The molecule has 1 aliphatic carbocycles. The van der Waals surface area contributed by atoms with Gasteiger partial charge in [0, 0.05) is 6.92 Å². The highest BCUT2D eigenvalue weighted by atomic mass is 19.3. The van der Waals surface area contributed by atoms with E-state index < -0.39 is 11.9 Å². The number of carbonyl (C=O) groups excluding carboxylic acids is 1. The third-order valence-corrected chi connectivity index (χ3v) is 3.22. The number of ether oxygens (including phenoxy) is 2. The minimum atomic E-state index is -3.39. The maximum Gasteiger partial charge on any atom is 0.376 e. The molecule has 0 aromatic carbocycles. The maximum absolute atomic E-state index is 12.6. The molecule has 0 bridgehead atoms. The monoisotopic (exact) mass is 262 g/mol. The summed E-state index contributed by atoms with van der Waals surface area (Å²) >= 11 is 0. The van der Waals surface area contributed by atoms with Crippen molar-refractivity contribution < 1.29 is 23.0 Å². The van der Waals surface area contributed by atoms with E-state index in [0.29, 0.717) is 19.4 Å². The van der Waals surface area contributed by atoms with E-state index >= 15 is 0 Å². The Morgan fingerprint density at radius 3 is 2.22 bits per heavy atom. The molecule has 1 saturated carbocycles. The van der Waals surface area contributed by atoms with Crippen LogP contribution in [0.3, 0.4) is 0 Å². The molecule has 0 radical (unpaired) electrons. The molecular weight excluding hydrogens is 242 g/mol. The highest BCUT2D eigenvalue weighted by Crippen LogP contribution is 2.29. The fourth-order valence-electron chi connectivity index (χ4n) is 2.09. The average molecular weight is 262 g/mol. The summed E-state index contributed by atoms with van der Waals surface area (Å²) < 4.78 is 34.9. The van der Waals surface area contributed by atoms with Gasteiger partial charge in [0.25, 0.3) is 0 Å². The van der Waals surface area contributed by atoms with Crippen LogP contribution >= 0.6 is 0 Å². The Bertz CT molecular complexity index is 278. The molecule has 0 N–H and O–H groups in total. The van der Waals surface area contributed by atoms with Crippen LogP contribution < -0.4 is 0 Å². The third-order valence-electron chi connectivity index (χ3n) is 3.22. The van der Waals surface area contributed by atoms with Crippen LogP contribution in [0.2, 0.25) is 0 Å². The number of rotatable bonds is 6. The zero-order valence-electron chi connectivity index (χ0n) is 10.7. The van der Waals surface area contributed by atoms with Crippen molar-refractivity contribution in [3.05, 3.63) is 12.8 Å². The number of halogens is 2. The van der Waals surface area contributed by atoms with E-state index in [0.717, 1.165) is 25.7 Å². The van der Waals surface area contributed by atoms with Gasteiger partial charge < -0.3 is 9.47 Å². The van der Waals surface area contributed by atoms with Crippen molar-refractivity contribution in [3.63, 3.8) is 0 Å². The average Bonchev–Trinajstić information content (AvgIpc) is 2.33. The second-order valence-corrected chi connectivity index (χ2v) is 4.87. The van der Waals surface area contributed by atoms with Gasteiger partial charge >= 0.3 is 11.9 Å². The lowest BCUT2D eigenvalue weighted by Gasteiger charge is -2.27. The summed E-state index contributed by atoms with van der Waals surface area (Å²) in [5.41, 5.74) is 0. The standard InChI is InChI=1S/C13H20F2O3/c1-3-17-8-10-4-6-11(7-5-10)9-18-12(16)13(2,14)15/h3,10-11H,1,4-9H2,2H3. The smallest absolute Gasteiger partial charge is 0.376 e. The van der Waals surface area contributed by atoms with Gasteiger partial charge in [-0.3, -0.25) is 0 Å². The van der Waals surface area contributed by atoms with Crippen LogP contribution in [-0.4, -0.2) is 25.1 Å². The summed E-state index contributed by atoms with van der Waals surface area (Å²) in [4.78, 5) is 10.9. The lowest BCUT2D eigenvalue weighted by Crippen LogP contribution is -2.30. The molecule has 0 spiro atoms. The Hall–Kier alpha value is -1.13. The minimum absolute atomic E-state index is 0.0945. The Morgan fingerprint density at radius 2 is 1.78 bits per heavy atom. The summed E-state index contributed by atoms with van der Waals surface area (Å²) in [5.74, 6) is -4.15. The molecular formula is C13H20F2O3. The first-order valence-electron chi connectivity index (χ1n) is 6.21. The normalized spacial score (nSPS) is 24.4. The molecule has 104 valence electrons. The Kier molecular flexibility index (Phi) is 5.56. The molecule has 1 rings (SSSR count). The summed E-state index contributed by atoms with van der Waals surface area (Å²) in [6, 6.07) is 0. The molecule has 0 amide bonds. The van der Waals surface area contributed by atoms with E-state index in [9.17, 15) is 13.6 Å². The summed E-state index contributed by atoms with van der Waals surface area (Å²) in [6.45, 7) is 4.79. The van der Waals surface area contributed by atoms with Crippen molar-refractivity contribution in [2.24, 2.45) is 11.8 Å². The first kappa shape index (κ1) is 14.9. The fraction of sp³-hybridized carbons (Fsp3) is 0.769. The van der Waals surface area contributed by atoms with E-state index in [2.05, 4.69) is 11.3 Å². The van der Waals surface area contributed by atoms with Gasteiger partial charge in [-0.1, -0.05) is 6.58 Å². The summed E-state index contributed by atoms with van der Waals surface area (Å²) in [5, 5.41) is 0. The largest absolute Gasteiger partial charge is 0.502 e. The van der Waals surface area contributed by atoms with Crippen LogP contribution in [0, 0.1) is 11.8 Å². The minimum Gasteiger partial charge on any atom is -0.502 e. The molecule has 0 aromatic rings. The molecule has 0 unspecified atom stereocenters. The number of carbonyl (C=O) groups is 1. The molecule has 1 aliphatic rings. The summed E-state index contributed by atoms with van der Waals surface area (Å²) in [7, 11) is 0. The molecule has 1 fully saturated rings. The van der Waals surface area contributed by atoms with Gasteiger partial charge in [0.2, 0.25) is 0 Å². The van der Waals surface area contributed by atoms with Crippen LogP contribution in [0.25, 0.3) is 0 Å². The van der Waals surface area contributed by atoms with Gasteiger partial charge in [-0.05, 0) is 37.5 Å². The van der Waals surface area contributed by atoms with E-state index in [1.54, 1.807) is 0 Å². The molecule has 0 atom stereocenters. The van der Waals surface area contributed by atoms with Crippen LogP contribution in [0.5, 0.6) is 0 Å². The second kappa shape index (κ2) is 6.71. The molecule has 0 aromatic heterocycles. The molecule has 3 nitrogen and oxygen atoms in total. The SMILES string of the molecule is C=COCC1CCC(COC(=O)C(C)(F)F)CC1. The Balaban J connectivity index is 2.20. The lowest BCUT2D eigenvalue weighted by atomic mass is 9.83. The van der Waals surface area contributed by atoms with Crippen molar-refractivity contribution >= 4 is 5.97 Å². The maximum atomic E-state index is 12.6.